The standard InChI is InChI=1S/C22H32N6O2.2C2H6/c1-15-9-16(10-17-12-25-26-20(15)17)11-18(23)21(30)28-8-5-22(14-28)3-6-27(7-4-22)19(29)13-24-2;2*1-2/h9-10,12,18,24H,3-8,11,13-14,23H2,1-2H3,(H,25,26);2*1-2H3. The van der Waals surface area contributed by atoms with Crippen LogP contribution in [0.4, 0.5) is 0 Å². The molecule has 34 heavy (non-hydrogen) atoms. The largest absolute Gasteiger partial charge is 0.342 e. The lowest BCUT2D eigenvalue weighted by Gasteiger charge is -2.39. The van der Waals surface area contributed by atoms with Crippen molar-refractivity contribution in [2.45, 2.75) is 66.3 Å². The fraction of sp³-hybridized carbons (Fsp3) is 0.654. The molecule has 2 aliphatic heterocycles. The number of rotatable bonds is 5. The summed E-state index contributed by atoms with van der Waals surface area (Å²) >= 11 is 0. The Morgan fingerprint density at radius 1 is 1.12 bits per heavy atom. The number of hydrogen-bond donors (Lipinski definition) is 3. The number of nitrogens with two attached hydrogens (primary N) is 1. The molecule has 4 N–H and O–H groups in total. The molecule has 0 saturated carbocycles. The molecule has 1 spiro atoms. The highest BCUT2D eigenvalue weighted by atomic mass is 16.2. The van der Waals surface area contributed by atoms with Gasteiger partial charge in [-0.15, -0.1) is 0 Å². The monoisotopic (exact) mass is 472 g/mol. The lowest BCUT2D eigenvalue weighted by atomic mass is 9.78. The van der Waals surface area contributed by atoms with Gasteiger partial charge in [0, 0.05) is 31.6 Å². The number of likely N-dealkylation sites (tertiary alicyclic amines) is 2. The van der Waals surface area contributed by atoms with Crippen LogP contribution in [0, 0.1) is 12.3 Å². The highest BCUT2D eigenvalue weighted by Gasteiger charge is 2.43. The molecule has 1 unspecified atom stereocenters. The van der Waals surface area contributed by atoms with Gasteiger partial charge in [0.05, 0.1) is 24.3 Å². The third-order valence-electron chi connectivity index (χ3n) is 6.83. The second-order valence-electron chi connectivity index (χ2n) is 8.98. The van der Waals surface area contributed by atoms with Crippen LogP contribution in [0.2, 0.25) is 0 Å². The zero-order valence-electron chi connectivity index (χ0n) is 21.9. The molecule has 4 rings (SSSR count). The Hall–Kier alpha value is -2.45. The summed E-state index contributed by atoms with van der Waals surface area (Å²) in [7, 11) is 1.79. The van der Waals surface area contributed by atoms with Gasteiger partial charge in [-0.05, 0) is 62.3 Å². The maximum atomic E-state index is 13.0. The summed E-state index contributed by atoms with van der Waals surface area (Å²) in [4.78, 5) is 29.0. The number of amides is 2. The van der Waals surface area contributed by atoms with Crippen molar-refractivity contribution >= 4 is 22.7 Å². The predicted octanol–water partition coefficient (Wildman–Crippen LogP) is 2.85. The molecule has 2 aromatic rings. The Balaban J connectivity index is 0.000000970. The Morgan fingerprint density at radius 2 is 1.74 bits per heavy atom. The van der Waals surface area contributed by atoms with E-state index in [0.29, 0.717) is 13.0 Å². The summed E-state index contributed by atoms with van der Waals surface area (Å²) in [5.41, 5.74) is 9.67. The first kappa shape index (κ1) is 27.8. The Kier molecular flexibility index (Phi) is 10.5. The molecule has 8 nitrogen and oxygen atoms in total. The molecule has 2 fully saturated rings. The first-order valence-electron chi connectivity index (χ1n) is 12.8. The van der Waals surface area contributed by atoms with Crippen LogP contribution in [0.3, 0.4) is 0 Å². The van der Waals surface area contributed by atoms with Gasteiger partial charge in [-0.25, -0.2) is 0 Å². The van der Waals surface area contributed by atoms with E-state index in [4.69, 9.17) is 5.73 Å². The summed E-state index contributed by atoms with van der Waals surface area (Å²) in [6.07, 6.45) is 5.24. The number of hydrogen-bond acceptors (Lipinski definition) is 5. The summed E-state index contributed by atoms with van der Waals surface area (Å²) in [5, 5.41) is 11.1. The summed E-state index contributed by atoms with van der Waals surface area (Å²) in [5.74, 6) is 0.190. The molecule has 0 radical (unpaired) electrons. The van der Waals surface area contributed by atoms with Crippen molar-refractivity contribution in [2.75, 3.05) is 39.8 Å². The zero-order valence-corrected chi connectivity index (χ0v) is 21.9. The molecule has 0 aliphatic carbocycles. The number of carbonyl (C=O) groups excluding carboxylic acids is 2. The molecule has 2 saturated heterocycles. The molecule has 3 heterocycles. The van der Waals surface area contributed by atoms with E-state index in [-0.39, 0.29) is 17.2 Å². The van der Waals surface area contributed by atoms with E-state index >= 15 is 0 Å². The van der Waals surface area contributed by atoms with Crippen LogP contribution >= 0.6 is 0 Å². The number of nitrogens with one attached hydrogen (secondary N) is 2. The van der Waals surface area contributed by atoms with Crippen LogP contribution in [0.25, 0.3) is 10.9 Å². The smallest absolute Gasteiger partial charge is 0.239 e. The number of likely N-dealkylation sites (N-methyl/N-ethyl adjacent to an activating group) is 1. The number of aromatic nitrogens is 2. The molecule has 2 amide bonds. The van der Waals surface area contributed by atoms with Gasteiger partial charge in [-0.1, -0.05) is 33.8 Å². The molecular formula is C26H44N6O2. The van der Waals surface area contributed by atoms with Gasteiger partial charge in [0.2, 0.25) is 11.8 Å². The molecule has 1 atom stereocenters. The number of aryl methyl sites for hydroxylation is 1. The highest BCUT2D eigenvalue weighted by Crippen LogP contribution is 2.40. The van der Waals surface area contributed by atoms with Gasteiger partial charge in [0.1, 0.15) is 0 Å². The fourth-order valence-electron chi connectivity index (χ4n) is 5.03. The maximum Gasteiger partial charge on any atom is 0.239 e. The van der Waals surface area contributed by atoms with Crippen molar-refractivity contribution < 1.29 is 9.59 Å². The average Bonchev–Trinajstić information content (AvgIpc) is 3.50. The topological polar surface area (TPSA) is 107 Å². The first-order chi connectivity index (χ1) is 16.4. The van der Waals surface area contributed by atoms with Gasteiger partial charge in [-0.3, -0.25) is 14.7 Å². The van der Waals surface area contributed by atoms with E-state index in [1.54, 1.807) is 13.2 Å². The summed E-state index contributed by atoms with van der Waals surface area (Å²) < 4.78 is 0. The molecular weight excluding hydrogens is 428 g/mol. The van der Waals surface area contributed by atoms with Crippen molar-refractivity contribution in [1.29, 1.82) is 0 Å². The molecule has 1 aromatic heterocycles. The van der Waals surface area contributed by atoms with Crippen molar-refractivity contribution in [2.24, 2.45) is 11.1 Å². The van der Waals surface area contributed by atoms with Crippen LogP contribution in [-0.2, 0) is 16.0 Å². The molecule has 190 valence electrons. The maximum absolute atomic E-state index is 13.0. The molecule has 0 bridgehead atoms. The van der Waals surface area contributed by atoms with Crippen LogP contribution in [0.1, 0.15) is 58.1 Å². The van der Waals surface area contributed by atoms with Crippen LogP contribution in [0.5, 0.6) is 0 Å². The van der Waals surface area contributed by atoms with E-state index in [9.17, 15) is 9.59 Å². The summed E-state index contributed by atoms with van der Waals surface area (Å²) in [6.45, 7) is 13.5. The minimum Gasteiger partial charge on any atom is -0.342 e. The minimum atomic E-state index is -0.541. The summed E-state index contributed by atoms with van der Waals surface area (Å²) in [6, 6.07) is 3.60. The number of carbonyl (C=O) groups is 2. The van der Waals surface area contributed by atoms with Crippen LogP contribution < -0.4 is 11.1 Å². The third kappa shape index (κ3) is 6.36. The quantitative estimate of drug-likeness (QED) is 0.620. The zero-order chi connectivity index (χ0) is 25.3. The fourth-order valence-corrected chi connectivity index (χ4v) is 5.03. The second-order valence-corrected chi connectivity index (χ2v) is 8.98. The van der Waals surface area contributed by atoms with Gasteiger partial charge in [0.25, 0.3) is 0 Å². The number of nitrogens with zero attached hydrogens (tertiary/aromatic N) is 3. The van der Waals surface area contributed by atoms with Gasteiger partial charge in [-0.2, -0.15) is 5.10 Å². The second kappa shape index (κ2) is 12.9. The van der Waals surface area contributed by atoms with Crippen molar-refractivity contribution in [3.63, 3.8) is 0 Å². The molecule has 1 aromatic carbocycles. The van der Waals surface area contributed by atoms with Crippen molar-refractivity contribution in [3.05, 3.63) is 29.5 Å². The lowest BCUT2D eigenvalue weighted by Crippen LogP contribution is -2.48. The SMILES string of the molecule is CC.CC.CNCC(=O)N1CCC2(CC1)CCN(C(=O)C(N)Cc1cc(C)c3[nH]ncc3c1)C2. The minimum absolute atomic E-state index is 0.0329. The number of H-pyrrole nitrogens is 1. The van der Waals surface area contributed by atoms with Crippen LogP contribution in [0.15, 0.2) is 18.3 Å². The Morgan fingerprint density at radius 3 is 2.35 bits per heavy atom. The van der Waals surface area contributed by atoms with Crippen LogP contribution in [-0.4, -0.2) is 77.6 Å². The van der Waals surface area contributed by atoms with E-state index in [2.05, 4.69) is 27.6 Å². The van der Waals surface area contributed by atoms with E-state index in [0.717, 1.165) is 67.5 Å². The number of benzene rings is 1. The number of aromatic amines is 1. The normalized spacial score (nSPS) is 17.6. The Bertz CT molecular complexity index is 933. The van der Waals surface area contributed by atoms with Crippen molar-refractivity contribution in [3.8, 4) is 0 Å². The van der Waals surface area contributed by atoms with E-state index < -0.39 is 6.04 Å². The van der Waals surface area contributed by atoms with Gasteiger partial charge < -0.3 is 20.9 Å². The lowest BCUT2D eigenvalue weighted by molar-refractivity contribution is -0.134. The van der Waals surface area contributed by atoms with E-state index in [1.807, 2.05) is 44.4 Å². The number of fused-ring (bicyclic) bond motifs is 1. The van der Waals surface area contributed by atoms with E-state index in [1.165, 1.54) is 0 Å². The number of piperidine rings is 1. The van der Waals surface area contributed by atoms with Gasteiger partial charge >= 0.3 is 0 Å². The van der Waals surface area contributed by atoms with Gasteiger partial charge in [0.15, 0.2) is 0 Å². The Labute approximate surface area is 204 Å². The molecule has 2 aliphatic rings. The first-order valence-corrected chi connectivity index (χ1v) is 12.8. The average molecular weight is 473 g/mol. The highest BCUT2D eigenvalue weighted by molar-refractivity contribution is 5.84. The van der Waals surface area contributed by atoms with Crippen molar-refractivity contribution in [1.82, 2.24) is 25.3 Å². The third-order valence-corrected chi connectivity index (χ3v) is 6.83. The predicted molar refractivity (Wildman–Crippen MR) is 139 cm³/mol. The molecule has 8 heteroatoms.